The van der Waals surface area contributed by atoms with Crippen LogP contribution in [0, 0.1) is 6.92 Å². The van der Waals surface area contributed by atoms with Crippen LogP contribution in [0.15, 0.2) is 48.5 Å². The molecule has 4 heteroatoms. The summed E-state index contributed by atoms with van der Waals surface area (Å²) in [6.45, 7) is 4.43. The largest absolute Gasteiger partial charge is 0.494 e. The number of aliphatic hydroxyl groups excluding tert-OH is 1. The highest BCUT2D eigenvalue weighted by atomic mass is 16.5. The fourth-order valence-electron chi connectivity index (χ4n) is 2.04. The number of benzene rings is 2. The number of aliphatic hydroxyl groups is 1. The lowest BCUT2D eigenvalue weighted by atomic mass is 10.1. The summed E-state index contributed by atoms with van der Waals surface area (Å²) in [6, 6.07) is 14.2. The number of carbonyl (C=O) groups is 1. The maximum atomic E-state index is 12.0. The van der Waals surface area contributed by atoms with E-state index in [1.807, 2.05) is 32.0 Å². The molecule has 110 valence electrons. The third-order valence-electron chi connectivity index (χ3n) is 3.11. The molecule has 0 saturated carbocycles. The summed E-state index contributed by atoms with van der Waals surface area (Å²) in [7, 11) is 0. The average molecular weight is 285 g/mol. The second kappa shape index (κ2) is 6.90. The Hall–Kier alpha value is -2.33. The first kappa shape index (κ1) is 15.1. The Labute approximate surface area is 124 Å². The van der Waals surface area contributed by atoms with Crippen molar-refractivity contribution in [3.63, 3.8) is 0 Å². The minimum absolute atomic E-state index is 0.454. The van der Waals surface area contributed by atoms with Gasteiger partial charge in [-0.15, -0.1) is 0 Å². The Morgan fingerprint density at radius 2 is 1.95 bits per heavy atom. The number of ether oxygens (including phenoxy) is 1. The highest BCUT2D eigenvalue weighted by Gasteiger charge is 2.17. The van der Waals surface area contributed by atoms with Gasteiger partial charge in [-0.2, -0.15) is 0 Å². The first-order valence-corrected chi connectivity index (χ1v) is 6.89. The Morgan fingerprint density at radius 1 is 1.24 bits per heavy atom. The molecule has 2 rings (SSSR count). The van der Waals surface area contributed by atoms with E-state index < -0.39 is 12.0 Å². The minimum Gasteiger partial charge on any atom is -0.494 e. The first-order chi connectivity index (χ1) is 10.1. The lowest BCUT2D eigenvalue weighted by molar-refractivity contribution is -0.124. The van der Waals surface area contributed by atoms with Crippen molar-refractivity contribution in [1.29, 1.82) is 0 Å². The van der Waals surface area contributed by atoms with Crippen LogP contribution in [0.4, 0.5) is 5.69 Å². The van der Waals surface area contributed by atoms with Crippen molar-refractivity contribution in [2.45, 2.75) is 20.0 Å². The van der Waals surface area contributed by atoms with E-state index in [2.05, 4.69) is 5.32 Å². The van der Waals surface area contributed by atoms with Crippen molar-refractivity contribution < 1.29 is 14.6 Å². The standard InChI is InChI=1S/C17H19NO3/c1-3-21-15-10-9-14(11-12(15)2)18-17(20)16(19)13-7-5-4-6-8-13/h4-11,16,19H,3H2,1-2H3,(H,18,20). The van der Waals surface area contributed by atoms with Crippen LogP contribution in [0.5, 0.6) is 5.75 Å². The normalized spacial score (nSPS) is 11.8. The van der Waals surface area contributed by atoms with E-state index in [-0.39, 0.29) is 0 Å². The van der Waals surface area contributed by atoms with Crippen molar-refractivity contribution >= 4 is 11.6 Å². The topological polar surface area (TPSA) is 58.6 Å². The van der Waals surface area contributed by atoms with Crippen LogP contribution < -0.4 is 10.1 Å². The van der Waals surface area contributed by atoms with E-state index >= 15 is 0 Å². The summed E-state index contributed by atoms with van der Waals surface area (Å²) in [5, 5.41) is 12.7. The van der Waals surface area contributed by atoms with E-state index in [9.17, 15) is 9.90 Å². The fraction of sp³-hybridized carbons (Fsp3) is 0.235. The molecule has 0 saturated heterocycles. The summed E-state index contributed by atoms with van der Waals surface area (Å²) in [4.78, 5) is 12.0. The van der Waals surface area contributed by atoms with Gasteiger partial charge in [0.15, 0.2) is 6.10 Å². The molecule has 0 spiro atoms. The molecule has 1 atom stereocenters. The monoisotopic (exact) mass is 285 g/mol. The zero-order valence-corrected chi connectivity index (χ0v) is 12.2. The van der Waals surface area contributed by atoms with Crippen LogP contribution >= 0.6 is 0 Å². The van der Waals surface area contributed by atoms with E-state index in [1.165, 1.54) is 0 Å². The SMILES string of the molecule is CCOc1ccc(NC(=O)C(O)c2ccccc2)cc1C. The molecule has 2 N–H and O–H groups in total. The van der Waals surface area contributed by atoms with Gasteiger partial charge in [-0.3, -0.25) is 4.79 Å². The van der Waals surface area contributed by atoms with Gasteiger partial charge in [0.25, 0.3) is 5.91 Å². The van der Waals surface area contributed by atoms with Crippen LogP contribution in [-0.4, -0.2) is 17.6 Å². The highest BCUT2D eigenvalue weighted by Crippen LogP contribution is 2.23. The summed E-state index contributed by atoms with van der Waals surface area (Å²) >= 11 is 0. The fourth-order valence-corrected chi connectivity index (χ4v) is 2.04. The number of nitrogens with one attached hydrogen (secondary N) is 1. The zero-order chi connectivity index (χ0) is 15.2. The van der Waals surface area contributed by atoms with Gasteiger partial charge in [-0.25, -0.2) is 0 Å². The van der Waals surface area contributed by atoms with Crippen molar-refractivity contribution in [3.05, 3.63) is 59.7 Å². The Balaban J connectivity index is 2.07. The number of aryl methyl sites for hydroxylation is 1. The Kier molecular flexibility index (Phi) is 4.95. The highest BCUT2D eigenvalue weighted by molar-refractivity contribution is 5.94. The molecule has 0 aromatic heterocycles. The van der Waals surface area contributed by atoms with Gasteiger partial charge in [-0.05, 0) is 43.2 Å². The molecular weight excluding hydrogens is 266 g/mol. The minimum atomic E-state index is -1.18. The van der Waals surface area contributed by atoms with E-state index in [0.29, 0.717) is 17.9 Å². The second-order valence-corrected chi connectivity index (χ2v) is 4.72. The molecule has 2 aromatic rings. The summed E-state index contributed by atoms with van der Waals surface area (Å²) in [6.07, 6.45) is -1.18. The zero-order valence-electron chi connectivity index (χ0n) is 12.2. The maximum Gasteiger partial charge on any atom is 0.257 e. The number of hydrogen-bond donors (Lipinski definition) is 2. The molecule has 21 heavy (non-hydrogen) atoms. The second-order valence-electron chi connectivity index (χ2n) is 4.72. The predicted molar refractivity (Wildman–Crippen MR) is 82.4 cm³/mol. The lowest BCUT2D eigenvalue weighted by Gasteiger charge is -2.13. The van der Waals surface area contributed by atoms with Crippen molar-refractivity contribution in [1.82, 2.24) is 0 Å². The summed E-state index contributed by atoms with van der Waals surface area (Å²) < 4.78 is 5.45. The maximum absolute atomic E-state index is 12.0. The van der Waals surface area contributed by atoms with Crippen LogP contribution in [0.2, 0.25) is 0 Å². The molecule has 0 aliphatic carbocycles. The molecule has 0 fully saturated rings. The number of anilines is 1. The number of carbonyl (C=O) groups excluding carboxylic acids is 1. The van der Waals surface area contributed by atoms with E-state index in [0.717, 1.165) is 11.3 Å². The quantitative estimate of drug-likeness (QED) is 0.887. The molecule has 1 unspecified atom stereocenters. The lowest BCUT2D eigenvalue weighted by Crippen LogP contribution is -2.20. The van der Waals surface area contributed by atoms with Crippen molar-refractivity contribution in [2.75, 3.05) is 11.9 Å². The van der Waals surface area contributed by atoms with E-state index in [1.54, 1.807) is 30.3 Å². The molecule has 0 heterocycles. The third kappa shape index (κ3) is 3.83. The van der Waals surface area contributed by atoms with Crippen LogP contribution in [-0.2, 0) is 4.79 Å². The smallest absolute Gasteiger partial charge is 0.257 e. The van der Waals surface area contributed by atoms with Gasteiger partial charge >= 0.3 is 0 Å². The van der Waals surface area contributed by atoms with E-state index in [4.69, 9.17) is 4.74 Å². The van der Waals surface area contributed by atoms with Gasteiger partial charge in [0, 0.05) is 5.69 Å². The number of rotatable bonds is 5. The van der Waals surface area contributed by atoms with Gasteiger partial charge in [0.1, 0.15) is 5.75 Å². The first-order valence-electron chi connectivity index (χ1n) is 6.89. The Bertz CT molecular complexity index is 611. The molecule has 0 aliphatic heterocycles. The molecule has 4 nitrogen and oxygen atoms in total. The van der Waals surface area contributed by atoms with Crippen LogP contribution in [0.25, 0.3) is 0 Å². The molecule has 2 aromatic carbocycles. The summed E-state index contributed by atoms with van der Waals surface area (Å²) in [5.74, 6) is 0.337. The predicted octanol–water partition coefficient (Wildman–Crippen LogP) is 3.07. The van der Waals surface area contributed by atoms with Gasteiger partial charge in [0.05, 0.1) is 6.61 Å². The number of hydrogen-bond acceptors (Lipinski definition) is 3. The van der Waals surface area contributed by atoms with Crippen LogP contribution in [0.3, 0.4) is 0 Å². The third-order valence-corrected chi connectivity index (χ3v) is 3.11. The van der Waals surface area contributed by atoms with Gasteiger partial charge in [0.2, 0.25) is 0 Å². The van der Waals surface area contributed by atoms with Crippen LogP contribution in [0.1, 0.15) is 24.2 Å². The molecule has 0 radical (unpaired) electrons. The average Bonchev–Trinajstić information content (AvgIpc) is 2.50. The summed E-state index contributed by atoms with van der Waals surface area (Å²) in [5.41, 5.74) is 2.14. The number of amides is 1. The van der Waals surface area contributed by atoms with Crippen molar-refractivity contribution in [3.8, 4) is 5.75 Å². The van der Waals surface area contributed by atoms with Gasteiger partial charge < -0.3 is 15.2 Å². The van der Waals surface area contributed by atoms with Crippen molar-refractivity contribution in [2.24, 2.45) is 0 Å². The molecule has 0 aliphatic rings. The molecule has 0 bridgehead atoms. The Morgan fingerprint density at radius 3 is 2.57 bits per heavy atom. The molecule has 1 amide bonds. The molecular formula is C17H19NO3. The van der Waals surface area contributed by atoms with Gasteiger partial charge in [-0.1, -0.05) is 30.3 Å².